The number of likely N-dealkylation sites (tertiary alicyclic amines) is 2. The zero-order valence-electron chi connectivity index (χ0n) is 15.6. The van der Waals surface area contributed by atoms with Crippen molar-refractivity contribution in [2.45, 2.75) is 63.6 Å². The van der Waals surface area contributed by atoms with Gasteiger partial charge in [-0.05, 0) is 63.7 Å². The average molecular weight is 354 g/mol. The van der Waals surface area contributed by atoms with E-state index in [0.717, 1.165) is 48.0 Å². The van der Waals surface area contributed by atoms with E-state index in [9.17, 15) is 0 Å². The Kier molecular flexibility index (Phi) is 4.59. The Bertz CT molecular complexity index is 740. The second-order valence-electron chi connectivity index (χ2n) is 8.28. The third-order valence-electron chi connectivity index (χ3n) is 6.44. The van der Waals surface area contributed by atoms with Crippen LogP contribution in [0.15, 0.2) is 18.2 Å². The largest absolute Gasteiger partial charge is 0.490 e. The minimum absolute atomic E-state index is 0.357. The number of fused-ring (bicyclic) bond motifs is 1. The molecule has 0 amide bonds. The van der Waals surface area contributed by atoms with Gasteiger partial charge in [-0.2, -0.15) is 0 Å². The molecule has 5 nitrogen and oxygen atoms in total. The van der Waals surface area contributed by atoms with Gasteiger partial charge >= 0.3 is 0 Å². The highest BCUT2D eigenvalue weighted by atomic mass is 16.5. The first-order valence-electron chi connectivity index (χ1n) is 10.5. The minimum Gasteiger partial charge on any atom is -0.490 e. The second kappa shape index (κ2) is 7.20. The predicted octanol–water partition coefficient (Wildman–Crippen LogP) is 3.55. The van der Waals surface area contributed by atoms with Crippen LogP contribution in [0, 0.1) is 0 Å². The molecule has 3 aliphatic rings. The lowest BCUT2D eigenvalue weighted by Gasteiger charge is -2.41. The first-order chi connectivity index (χ1) is 12.8. The number of rotatable bonds is 5. The fraction of sp³-hybridized carbons (Fsp3) is 0.667. The standard InChI is InChI=1S/C21H30N4O/c1-2-11-24(10-1)15-21-22-19-7-6-18(14-20(19)23-21)26-17-8-12-25(13-9-17)16-4-3-5-16/h6-7,14,16-17H,1-5,8-13,15H2,(H,22,23). The summed E-state index contributed by atoms with van der Waals surface area (Å²) in [6.45, 7) is 5.73. The summed E-state index contributed by atoms with van der Waals surface area (Å²) in [5, 5.41) is 0. The number of hydrogen-bond acceptors (Lipinski definition) is 4. The van der Waals surface area contributed by atoms with Gasteiger partial charge in [0.15, 0.2) is 0 Å². The van der Waals surface area contributed by atoms with E-state index in [-0.39, 0.29) is 0 Å². The molecule has 0 spiro atoms. The summed E-state index contributed by atoms with van der Waals surface area (Å²) < 4.78 is 6.30. The smallest absolute Gasteiger partial charge is 0.121 e. The summed E-state index contributed by atoms with van der Waals surface area (Å²) in [5.41, 5.74) is 2.15. The van der Waals surface area contributed by atoms with E-state index in [1.807, 2.05) is 0 Å². The van der Waals surface area contributed by atoms with Crippen LogP contribution in [0.2, 0.25) is 0 Å². The molecule has 1 aromatic carbocycles. The zero-order chi connectivity index (χ0) is 17.3. The molecule has 2 saturated heterocycles. The molecule has 5 heteroatoms. The molecule has 5 rings (SSSR count). The van der Waals surface area contributed by atoms with Crippen molar-refractivity contribution in [3.63, 3.8) is 0 Å². The summed E-state index contributed by atoms with van der Waals surface area (Å²) in [6, 6.07) is 7.18. The Morgan fingerprint density at radius 1 is 1.00 bits per heavy atom. The third kappa shape index (κ3) is 3.47. The number of nitrogens with zero attached hydrogens (tertiary/aromatic N) is 3. The van der Waals surface area contributed by atoms with Crippen LogP contribution in [0.4, 0.5) is 0 Å². The van der Waals surface area contributed by atoms with Gasteiger partial charge in [-0.3, -0.25) is 4.90 Å². The summed E-state index contributed by atoms with van der Waals surface area (Å²) in [6.07, 6.45) is 9.52. The number of H-pyrrole nitrogens is 1. The molecule has 0 radical (unpaired) electrons. The van der Waals surface area contributed by atoms with Gasteiger partial charge in [0.25, 0.3) is 0 Å². The lowest BCUT2D eigenvalue weighted by molar-refractivity contribution is 0.0494. The molecule has 1 N–H and O–H groups in total. The molecule has 2 aromatic rings. The lowest BCUT2D eigenvalue weighted by atomic mass is 9.90. The highest BCUT2D eigenvalue weighted by Gasteiger charge is 2.29. The molecule has 26 heavy (non-hydrogen) atoms. The Balaban J connectivity index is 1.20. The quantitative estimate of drug-likeness (QED) is 0.892. The number of ether oxygens (including phenoxy) is 1. The van der Waals surface area contributed by atoms with E-state index in [1.54, 1.807) is 0 Å². The summed E-state index contributed by atoms with van der Waals surface area (Å²) in [5.74, 6) is 2.06. The molecule has 2 aliphatic heterocycles. The zero-order valence-corrected chi connectivity index (χ0v) is 15.6. The van der Waals surface area contributed by atoms with Crippen LogP contribution in [0.25, 0.3) is 11.0 Å². The molecule has 1 saturated carbocycles. The number of benzene rings is 1. The number of aromatic amines is 1. The molecule has 0 bridgehead atoms. The Labute approximate surface area is 155 Å². The van der Waals surface area contributed by atoms with Crippen LogP contribution in [-0.4, -0.2) is 58.1 Å². The maximum atomic E-state index is 6.30. The molecule has 0 atom stereocenters. The monoisotopic (exact) mass is 354 g/mol. The number of hydrogen-bond donors (Lipinski definition) is 1. The minimum atomic E-state index is 0.357. The molecule has 1 aliphatic carbocycles. The fourth-order valence-electron chi connectivity index (χ4n) is 4.65. The third-order valence-corrected chi connectivity index (χ3v) is 6.44. The average Bonchev–Trinajstić information content (AvgIpc) is 3.24. The fourth-order valence-corrected chi connectivity index (χ4v) is 4.65. The van der Waals surface area contributed by atoms with Gasteiger partial charge in [-0.25, -0.2) is 4.98 Å². The van der Waals surface area contributed by atoms with E-state index >= 15 is 0 Å². The SMILES string of the molecule is c1cc2nc(CN3CCCC3)[nH]c2cc1OC1CCN(C2CCC2)CC1. The van der Waals surface area contributed by atoms with E-state index in [0.29, 0.717) is 6.10 Å². The van der Waals surface area contributed by atoms with Gasteiger partial charge < -0.3 is 14.6 Å². The Morgan fingerprint density at radius 3 is 2.54 bits per heavy atom. The molecule has 3 heterocycles. The van der Waals surface area contributed by atoms with Crippen molar-refractivity contribution >= 4 is 11.0 Å². The maximum Gasteiger partial charge on any atom is 0.121 e. The summed E-state index contributed by atoms with van der Waals surface area (Å²) >= 11 is 0. The van der Waals surface area contributed by atoms with Gasteiger partial charge in [0, 0.05) is 25.2 Å². The van der Waals surface area contributed by atoms with Crippen LogP contribution >= 0.6 is 0 Å². The number of aromatic nitrogens is 2. The highest BCUT2D eigenvalue weighted by molar-refractivity contribution is 5.76. The normalized spacial score (nSPS) is 23.5. The van der Waals surface area contributed by atoms with E-state index in [1.165, 1.54) is 58.3 Å². The molecule has 3 fully saturated rings. The Hall–Kier alpha value is -1.59. The van der Waals surface area contributed by atoms with Crippen LogP contribution in [0.5, 0.6) is 5.75 Å². The lowest BCUT2D eigenvalue weighted by Crippen LogP contribution is -2.46. The molecule has 1 aromatic heterocycles. The first kappa shape index (κ1) is 16.6. The topological polar surface area (TPSA) is 44.4 Å². The second-order valence-corrected chi connectivity index (χ2v) is 8.28. The van der Waals surface area contributed by atoms with Crippen LogP contribution < -0.4 is 4.74 Å². The van der Waals surface area contributed by atoms with E-state index in [4.69, 9.17) is 9.72 Å². The van der Waals surface area contributed by atoms with Crippen molar-refractivity contribution in [3.8, 4) is 5.75 Å². The molecule has 0 unspecified atom stereocenters. The summed E-state index contributed by atoms with van der Waals surface area (Å²) in [7, 11) is 0. The molecular formula is C21H30N4O. The van der Waals surface area contributed by atoms with Crippen LogP contribution in [0.1, 0.15) is 50.8 Å². The highest BCUT2D eigenvalue weighted by Crippen LogP contribution is 2.29. The molecular weight excluding hydrogens is 324 g/mol. The van der Waals surface area contributed by atoms with Gasteiger partial charge in [-0.1, -0.05) is 6.42 Å². The number of imidazole rings is 1. The van der Waals surface area contributed by atoms with E-state index in [2.05, 4.69) is 33.0 Å². The van der Waals surface area contributed by atoms with Crippen molar-refractivity contribution in [1.82, 2.24) is 19.8 Å². The van der Waals surface area contributed by atoms with Crippen molar-refractivity contribution in [2.75, 3.05) is 26.2 Å². The van der Waals surface area contributed by atoms with Crippen LogP contribution in [0.3, 0.4) is 0 Å². The summed E-state index contributed by atoms with van der Waals surface area (Å²) in [4.78, 5) is 13.4. The van der Waals surface area contributed by atoms with Gasteiger partial charge in [0.2, 0.25) is 0 Å². The van der Waals surface area contributed by atoms with Crippen molar-refractivity contribution < 1.29 is 4.74 Å². The Morgan fingerprint density at radius 2 is 1.81 bits per heavy atom. The maximum absolute atomic E-state index is 6.30. The van der Waals surface area contributed by atoms with E-state index < -0.39 is 0 Å². The number of piperidine rings is 1. The van der Waals surface area contributed by atoms with Gasteiger partial charge in [0.1, 0.15) is 17.7 Å². The van der Waals surface area contributed by atoms with Crippen molar-refractivity contribution in [1.29, 1.82) is 0 Å². The molecule has 140 valence electrons. The van der Waals surface area contributed by atoms with Crippen LogP contribution in [-0.2, 0) is 6.54 Å². The van der Waals surface area contributed by atoms with Crippen molar-refractivity contribution in [3.05, 3.63) is 24.0 Å². The van der Waals surface area contributed by atoms with Crippen molar-refractivity contribution in [2.24, 2.45) is 0 Å². The first-order valence-corrected chi connectivity index (χ1v) is 10.5. The predicted molar refractivity (Wildman–Crippen MR) is 103 cm³/mol. The van der Waals surface area contributed by atoms with Gasteiger partial charge in [0.05, 0.1) is 17.6 Å². The number of nitrogens with one attached hydrogen (secondary N) is 1. The van der Waals surface area contributed by atoms with Gasteiger partial charge in [-0.15, -0.1) is 0 Å².